The summed E-state index contributed by atoms with van der Waals surface area (Å²) in [6, 6.07) is 27.6. The fourth-order valence-electron chi connectivity index (χ4n) is 3.49. The van der Waals surface area contributed by atoms with Crippen LogP contribution in [-0.4, -0.2) is 14.8 Å². The number of benzene rings is 3. The third-order valence-electron chi connectivity index (χ3n) is 5.31. The van der Waals surface area contributed by atoms with Crippen molar-refractivity contribution in [1.29, 1.82) is 0 Å². The van der Waals surface area contributed by atoms with Crippen LogP contribution in [0.4, 0.5) is 0 Å². The van der Waals surface area contributed by atoms with Gasteiger partial charge < -0.3 is 0 Å². The van der Waals surface area contributed by atoms with E-state index in [1.807, 2.05) is 18.2 Å². The number of rotatable bonds is 4. The lowest BCUT2D eigenvalue weighted by Gasteiger charge is -2.19. The first-order valence-corrected chi connectivity index (χ1v) is 10.2. The van der Waals surface area contributed by atoms with Gasteiger partial charge in [-0.15, -0.1) is 10.2 Å². The summed E-state index contributed by atoms with van der Waals surface area (Å²) in [5.74, 6) is 1.71. The molecule has 0 N–H and O–H groups in total. The second-order valence-electron chi connectivity index (χ2n) is 8.40. The van der Waals surface area contributed by atoms with Crippen molar-refractivity contribution in [2.45, 2.75) is 39.5 Å². The normalized spacial score (nSPS) is 11.6. The first-order valence-electron chi connectivity index (χ1n) is 10.2. The second-order valence-corrected chi connectivity index (χ2v) is 8.40. The number of aromatic nitrogens is 3. The molecular formula is C26H27N3. The Balaban J connectivity index is 1.85. The Labute approximate surface area is 173 Å². The minimum absolute atomic E-state index is 0.123. The lowest BCUT2D eigenvalue weighted by molar-refractivity contribution is 0.590. The predicted molar refractivity (Wildman–Crippen MR) is 120 cm³/mol. The molecule has 0 saturated heterocycles. The summed E-state index contributed by atoms with van der Waals surface area (Å²) < 4.78 is 2.15. The average molecular weight is 382 g/mol. The van der Waals surface area contributed by atoms with Gasteiger partial charge in [0, 0.05) is 16.8 Å². The Bertz CT molecular complexity index is 1080. The molecule has 3 heteroatoms. The number of para-hydroxylation sites is 1. The van der Waals surface area contributed by atoms with E-state index >= 15 is 0 Å². The van der Waals surface area contributed by atoms with Crippen molar-refractivity contribution in [3.63, 3.8) is 0 Å². The van der Waals surface area contributed by atoms with Crippen molar-refractivity contribution in [2.24, 2.45) is 0 Å². The molecule has 0 bridgehead atoms. The largest absolute Gasteiger partial charge is 0.275 e. The quantitative estimate of drug-likeness (QED) is 0.406. The zero-order valence-corrected chi connectivity index (χ0v) is 17.6. The number of aryl methyl sites for hydroxylation is 1. The third kappa shape index (κ3) is 3.86. The van der Waals surface area contributed by atoms with Crippen LogP contribution in [0.15, 0.2) is 78.9 Å². The Morgan fingerprint density at radius 1 is 0.690 bits per heavy atom. The summed E-state index contributed by atoms with van der Waals surface area (Å²) in [6.45, 7) is 8.85. The fraction of sp³-hybridized carbons (Fsp3) is 0.231. The highest BCUT2D eigenvalue weighted by Crippen LogP contribution is 2.30. The first kappa shape index (κ1) is 19.1. The Morgan fingerprint density at radius 3 is 1.69 bits per heavy atom. The zero-order chi connectivity index (χ0) is 20.4. The van der Waals surface area contributed by atoms with E-state index in [1.165, 1.54) is 11.1 Å². The molecule has 146 valence electrons. The van der Waals surface area contributed by atoms with Gasteiger partial charge in [-0.2, -0.15) is 0 Å². The fourth-order valence-corrected chi connectivity index (χ4v) is 3.49. The van der Waals surface area contributed by atoms with Gasteiger partial charge in [-0.3, -0.25) is 4.57 Å². The van der Waals surface area contributed by atoms with E-state index in [1.54, 1.807) is 0 Å². The van der Waals surface area contributed by atoms with Crippen molar-refractivity contribution >= 4 is 0 Å². The summed E-state index contributed by atoms with van der Waals surface area (Å²) in [5, 5.41) is 9.17. The topological polar surface area (TPSA) is 30.7 Å². The Kier molecular flexibility index (Phi) is 5.06. The SMILES string of the molecule is CCc1ccc(-c2nnc(-c3ccc(C(C)(C)C)cc3)n2-c2ccccc2)cc1. The highest BCUT2D eigenvalue weighted by Gasteiger charge is 2.18. The van der Waals surface area contributed by atoms with E-state index in [2.05, 4.69) is 103 Å². The van der Waals surface area contributed by atoms with Crippen LogP contribution >= 0.6 is 0 Å². The van der Waals surface area contributed by atoms with Crippen LogP contribution in [0.3, 0.4) is 0 Å². The number of nitrogens with zero attached hydrogens (tertiary/aromatic N) is 3. The standard InChI is InChI=1S/C26H27N3/c1-5-19-11-13-20(14-12-19)24-27-28-25(29(24)23-9-7-6-8-10-23)21-15-17-22(18-16-21)26(2,3)4/h6-18H,5H2,1-4H3. The maximum atomic E-state index is 4.59. The van der Waals surface area contributed by atoms with Crippen molar-refractivity contribution in [3.05, 3.63) is 90.0 Å². The van der Waals surface area contributed by atoms with Crippen LogP contribution in [-0.2, 0) is 11.8 Å². The lowest BCUT2D eigenvalue weighted by atomic mass is 9.86. The van der Waals surface area contributed by atoms with Gasteiger partial charge in [0.25, 0.3) is 0 Å². The molecule has 0 atom stereocenters. The molecule has 1 heterocycles. The van der Waals surface area contributed by atoms with Crippen LogP contribution in [0.5, 0.6) is 0 Å². The summed E-state index contributed by atoms with van der Waals surface area (Å²) in [6.07, 6.45) is 1.02. The number of hydrogen-bond acceptors (Lipinski definition) is 2. The third-order valence-corrected chi connectivity index (χ3v) is 5.31. The zero-order valence-electron chi connectivity index (χ0n) is 17.6. The molecule has 0 unspecified atom stereocenters. The molecule has 0 fully saturated rings. The van der Waals surface area contributed by atoms with Crippen molar-refractivity contribution in [3.8, 4) is 28.5 Å². The molecule has 0 saturated carbocycles. The van der Waals surface area contributed by atoms with Gasteiger partial charge in [0.2, 0.25) is 0 Å². The van der Waals surface area contributed by atoms with Crippen molar-refractivity contribution < 1.29 is 0 Å². The molecule has 3 nitrogen and oxygen atoms in total. The molecular weight excluding hydrogens is 354 g/mol. The molecule has 29 heavy (non-hydrogen) atoms. The highest BCUT2D eigenvalue weighted by atomic mass is 15.3. The highest BCUT2D eigenvalue weighted by molar-refractivity contribution is 5.67. The molecule has 4 rings (SSSR count). The van der Waals surface area contributed by atoms with Gasteiger partial charge in [-0.05, 0) is 35.1 Å². The van der Waals surface area contributed by atoms with E-state index in [4.69, 9.17) is 0 Å². The average Bonchev–Trinajstić information content (AvgIpc) is 3.19. The minimum Gasteiger partial charge on any atom is -0.275 e. The maximum Gasteiger partial charge on any atom is 0.168 e. The van der Waals surface area contributed by atoms with Crippen molar-refractivity contribution in [2.75, 3.05) is 0 Å². The minimum atomic E-state index is 0.123. The van der Waals surface area contributed by atoms with Crippen LogP contribution in [0.1, 0.15) is 38.8 Å². The van der Waals surface area contributed by atoms with Gasteiger partial charge in [0.05, 0.1) is 0 Å². The van der Waals surface area contributed by atoms with E-state index < -0.39 is 0 Å². The van der Waals surface area contributed by atoms with E-state index in [-0.39, 0.29) is 5.41 Å². The van der Waals surface area contributed by atoms with Gasteiger partial charge in [-0.25, -0.2) is 0 Å². The van der Waals surface area contributed by atoms with Crippen LogP contribution in [0, 0.1) is 0 Å². The van der Waals surface area contributed by atoms with E-state index in [0.29, 0.717) is 0 Å². The lowest BCUT2D eigenvalue weighted by Crippen LogP contribution is -2.10. The molecule has 0 aliphatic rings. The Hall–Kier alpha value is -3.20. The van der Waals surface area contributed by atoms with Crippen molar-refractivity contribution in [1.82, 2.24) is 14.8 Å². The molecule has 0 radical (unpaired) electrons. The molecule has 0 amide bonds. The van der Waals surface area contributed by atoms with E-state index in [0.717, 1.165) is 34.9 Å². The molecule has 1 aromatic heterocycles. The molecule has 4 aromatic rings. The second kappa shape index (κ2) is 7.67. The monoisotopic (exact) mass is 381 g/mol. The van der Waals surface area contributed by atoms with Crippen LogP contribution in [0.25, 0.3) is 28.5 Å². The van der Waals surface area contributed by atoms with E-state index in [9.17, 15) is 0 Å². The summed E-state index contributed by atoms with van der Waals surface area (Å²) >= 11 is 0. The first-order chi connectivity index (χ1) is 14.0. The maximum absolute atomic E-state index is 4.59. The van der Waals surface area contributed by atoms with Gasteiger partial charge in [0.15, 0.2) is 11.6 Å². The van der Waals surface area contributed by atoms with Gasteiger partial charge >= 0.3 is 0 Å². The number of hydrogen-bond donors (Lipinski definition) is 0. The molecule has 0 aliphatic carbocycles. The molecule has 0 spiro atoms. The summed E-state index contributed by atoms with van der Waals surface area (Å²) in [4.78, 5) is 0. The van der Waals surface area contributed by atoms with Gasteiger partial charge in [-0.1, -0.05) is 94.4 Å². The molecule has 0 aliphatic heterocycles. The Morgan fingerprint density at radius 2 is 1.21 bits per heavy atom. The van der Waals surface area contributed by atoms with Crippen LogP contribution in [0.2, 0.25) is 0 Å². The van der Waals surface area contributed by atoms with Gasteiger partial charge in [0.1, 0.15) is 0 Å². The van der Waals surface area contributed by atoms with Crippen LogP contribution < -0.4 is 0 Å². The molecule has 3 aromatic carbocycles. The predicted octanol–water partition coefficient (Wildman–Crippen LogP) is 6.46. The summed E-state index contributed by atoms with van der Waals surface area (Å²) in [7, 11) is 0. The summed E-state index contributed by atoms with van der Waals surface area (Å²) in [5.41, 5.74) is 5.93. The smallest absolute Gasteiger partial charge is 0.168 e.